The maximum absolute atomic E-state index is 5.44. The van der Waals surface area contributed by atoms with Crippen molar-refractivity contribution in [1.29, 1.82) is 0 Å². The normalized spacial score (nSPS) is 31.1. The highest BCUT2D eigenvalue weighted by Gasteiger charge is 2.59. The molecule has 2 heterocycles. The van der Waals surface area contributed by atoms with Crippen molar-refractivity contribution in [2.75, 3.05) is 0 Å². The van der Waals surface area contributed by atoms with Gasteiger partial charge in [-0.25, -0.2) is 0 Å². The topological polar surface area (TPSA) is 48.0 Å². The highest BCUT2D eigenvalue weighted by atomic mass is 16.9. The summed E-state index contributed by atoms with van der Waals surface area (Å²) in [7, 11) is 0. The van der Waals surface area contributed by atoms with Crippen molar-refractivity contribution < 1.29 is 9.69 Å². The van der Waals surface area contributed by atoms with Crippen LogP contribution in [0.1, 0.15) is 47.0 Å². The molecule has 0 aliphatic carbocycles. The zero-order valence-corrected chi connectivity index (χ0v) is 9.32. The monoisotopic (exact) mass is 198 g/mol. The first-order valence-corrected chi connectivity index (χ1v) is 5.12. The molecule has 1 fully saturated rings. The van der Waals surface area contributed by atoms with Gasteiger partial charge in [0.15, 0.2) is 0 Å². The van der Waals surface area contributed by atoms with Crippen molar-refractivity contribution >= 4 is 0 Å². The lowest BCUT2D eigenvalue weighted by atomic mass is 9.81. The summed E-state index contributed by atoms with van der Waals surface area (Å²) in [5.74, 6) is 0. The van der Waals surface area contributed by atoms with Crippen molar-refractivity contribution in [3.05, 3.63) is 5.53 Å². The van der Waals surface area contributed by atoms with Gasteiger partial charge >= 0.3 is 0 Å². The summed E-state index contributed by atoms with van der Waals surface area (Å²) < 4.78 is 0.194. The molecule has 0 N–H and O–H groups in total. The zero-order valence-electron chi connectivity index (χ0n) is 9.32. The number of piperidine rings is 1. The van der Waals surface area contributed by atoms with E-state index in [0.717, 1.165) is 12.8 Å². The van der Waals surface area contributed by atoms with Gasteiger partial charge < -0.3 is 0 Å². The molecule has 0 aromatic rings. The van der Waals surface area contributed by atoms with Crippen molar-refractivity contribution in [3.63, 3.8) is 0 Å². The molecule has 14 heavy (non-hydrogen) atoms. The number of hydrogen-bond donors (Lipinski definition) is 0. The molecule has 1 saturated heterocycles. The lowest BCUT2D eigenvalue weighted by Crippen LogP contribution is -2.68. The van der Waals surface area contributed by atoms with Gasteiger partial charge in [0.25, 0.3) is 0 Å². The standard InChI is InChI=1S/C9H18N4O/c1-8(2)6-5-7-9(3,4)13(8)11-10-12-14-13/h5-7H2,1-4H3. The molecule has 0 unspecified atom stereocenters. The highest BCUT2D eigenvalue weighted by Crippen LogP contribution is 2.50. The first kappa shape index (κ1) is 9.71. The highest BCUT2D eigenvalue weighted by molar-refractivity contribution is 4.87. The minimum Gasteiger partial charge on any atom is -0.272 e. The molecule has 0 aromatic carbocycles. The van der Waals surface area contributed by atoms with Crippen LogP contribution in [0.2, 0.25) is 0 Å². The van der Waals surface area contributed by atoms with Crippen LogP contribution in [0.3, 0.4) is 0 Å². The van der Waals surface area contributed by atoms with E-state index in [2.05, 4.69) is 43.7 Å². The third-order valence-corrected chi connectivity index (χ3v) is 3.58. The molecule has 0 saturated carbocycles. The fraction of sp³-hybridized carbons (Fsp3) is 1.00. The minimum atomic E-state index is -0.0503. The maximum Gasteiger partial charge on any atom is 0.145 e. The number of quaternary nitrogens is 1. The van der Waals surface area contributed by atoms with E-state index in [1.165, 1.54) is 6.42 Å². The number of nitrogens with zero attached hydrogens (tertiary/aromatic N) is 4. The average molecular weight is 198 g/mol. The van der Waals surface area contributed by atoms with Gasteiger partial charge in [-0.15, -0.1) is 10.8 Å². The van der Waals surface area contributed by atoms with Gasteiger partial charge in [0.1, 0.15) is 11.1 Å². The first-order chi connectivity index (χ1) is 6.41. The summed E-state index contributed by atoms with van der Waals surface area (Å²) in [5.41, 5.74) is 4.11. The zero-order chi connectivity index (χ0) is 10.4. The van der Waals surface area contributed by atoms with Crippen LogP contribution >= 0.6 is 0 Å². The number of hydroxylamine groups is 2. The van der Waals surface area contributed by atoms with Gasteiger partial charge in [0.2, 0.25) is 0 Å². The smallest absolute Gasteiger partial charge is 0.145 e. The Kier molecular flexibility index (Phi) is 1.80. The molecule has 80 valence electrons. The van der Waals surface area contributed by atoms with Crippen LogP contribution in [0.15, 0.2) is 10.5 Å². The third kappa shape index (κ3) is 0.987. The van der Waals surface area contributed by atoms with Gasteiger partial charge in [-0.2, -0.15) is 5.22 Å². The molecule has 5 heteroatoms. The summed E-state index contributed by atoms with van der Waals surface area (Å²) in [5, 5.41) is 7.23. The molecule has 2 rings (SSSR count). The van der Waals surface area contributed by atoms with Crippen LogP contribution in [0.25, 0.3) is 5.53 Å². The van der Waals surface area contributed by atoms with E-state index in [0.29, 0.717) is 0 Å². The van der Waals surface area contributed by atoms with Crippen molar-refractivity contribution in [3.8, 4) is 0 Å². The van der Waals surface area contributed by atoms with E-state index in [-0.39, 0.29) is 15.8 Å². The molecule has 2 aliphatic rings. The van der Waals surface area contributed by atoms with Crippen LogP contribution < -0.4 is 0 Å². The Labute approximate surface area is 84.6 Å². The average Bonchev–Trinajstić information content (AvgIpc) is 2.50. The van der Waals surface area contributed by atoms with Crippen LogP contribution in [-0.2, 0) is 4.94 Å². The Balaban J connectivity index is 2.39. The van der Waals surface area contributed by atoms with Crippen molar-refractivity contribution in [1.82, 2.24) is 0 Å². The minimum absolute atomic E-state index is 0.0503. The Bertz CT molecular complexity index is 246. The second-order valence-electron chi connectivity index (χ2n) is 5.40. The van der Waals surface area contributed by atoms with E-state index in [4.69, 9.17) is 4.94 Å². The number of hydrogen-bond acceptors (Lipinski definition) is 3. The van der Waals surface area contributed by atoms with Gasteiger partial charge in [-0.05, 0) is 34.1 Å². The molecule has 0 amide bonds. The summed E-state index contributed by atoms with van der Waals surface area (Å²) >= 11 is 0. The molecule has 0 aromatic heterocycles. The predicted octanol–water partition coefficient (Wildman–Crippen LogP) is 3.06. The molecule has 0 atom stereocenters. The summed E-state index contributed by atoms with van der Waals surface area (Å²) in [6, 6.07) is 0. The van der Waals surface area contributed by atoms with E-state index in [1.807, 2.05) is 0 Å². The van der Waals surface area contributed by atoms with Gasteiger partial charge in [0, 0.05) is 12.8 Å². The molecular formula is C9H18N4O. The Morgan fingerprint density at radius 1 is 1.14 bits per heavy atom. The van der Waals surface area contributed by atoms with Gasteiger partial charge in [-0.1, -0.05) is 4.76 Å². The van der Waals surface area contributed by atoms with Crippen LogP contribution in [0.5, 0.6) is 0 Å². The fourth-order valence-corrected chi connectivity index (χ4v) is 2.70. The predicted molar refractivity (Wildman–Crippen MR) is 51.6 cm³/mol. The van der Waals surface area contributed by atoms with Crippen molar-refractivity contribution in [2.45, 2.75) is 58.0 Å². The van der Waals surface area contributed by atoms with E-state index < -0.39 is 0 Å². The summed E-state index contributed by atoms with van der Waals surface area (Å²) in [6.07, 6.45) is 3.38. The van der Waals surface area contributed by atoms with Crippen LogP contribution in [-0.4, -0.2) is 15.8 Å². The number of rotatable bonds is 0. The van der Waals surface area contributed by atoms with E-state index in [9.17, 15) is 0 Å². The largest absolute Gasteiger partial charge is 0.272 e. The molecule has 0 bridgehead atoms. The molecule has 0 radical (unpaired) electrons. The van der Waals surface area contributed by atoms with Crippen LogP contribution in [0.4, 0.5) is 0 Å². The summed E-state index contributed by atoms with van der Waals surface area (Å²) in [6.45, 7) is 8.64. The second kappa shape index (κ2) is 2.59. The lowest BCUT2D eigenvalue weighted by molar-refractivity contribution is -1.14. The first-order valence-electron chi connectivity index (χ1n) is 5.12. The maximum atomic E-state index is 5.44. The molecular weight excluding hydrogens is 180 g/mol. The Morgan fingerprint density at radius 2 is 1.71 bits per heavy atom. The van der Waals surface area contributed by atoms with Gasteiger partial charge in [-0.3, -0.25) is 4.94 Å². The van der Waals surface area contributed by atoms with E-state index in [1.54, 1.807) is 0 Å². The van der Waals surface area contributed by atoms with Crippen LogP contribution in [0, 0.1) is 0 Å². The Morgan fingerprint density at radius 3 is 2.14 bits per heavy atom. The molecule has 1 spiro atoms. The fourth-order valence-electron chi connectivity index (χ4n) is 2.70. The summed E-state index contributed by atoms with van der Waals surface area (Å²) in [4.78, 5) is 5.44. The third-order valence-electron chi connectivity index (χ3n) is 3.58. The lowest BCUT2D eigenvalue weighted by Gasteiger charge is -2.55. The molecule has 2 aliphatic heterocycles. The quantitative estimate of drug-likeness (QED) is 0.552. The second-order valence-corrected chi connectivity index (χ2v) is 5.40. The Hall–Kier alpha value is -0.840. The van der Waals surface area contributed by atoms with E-state index >= 15 is 0 Å². The van der Waals surface area contributed by atoms with Crippen molar-refractivity contribution in [2.24, 2.45) is 10.5 Å². The SMILES string of the molecule is CC1(C)CCCC(C)(C)[N+]12[N-]N=NO2. The molecule has 5 nitrogen and oxygen atoms in total. The van der Waals surface area contributed by atoms with Gasteiger partial charge in [0.05, 0.1) is 0 Å².